The van der Waals surface area contributed by atoms with E-state index in [1.54, 1.807) is 21.3 Å². The molecule has 0 spiro atoms. The van der Waals surface area contributed by atoms with Crippen LogP contribution < -0.4 is 14.2 Å². The minimum Gasteiger partial charge on any atom is -0.497 e. The van der Waals surface area contributed by atoms with Gasteiger partial charge in [-0.1, -0.05) is 24.6 Å². The Balaban J connectivity index is 1.61. The number of ether oxygens (including phenoxy) is 3. The van der Waals surface area contributed by atoms with Gasteiger partial charge in [-0.2, -0.15) is 0 Å². The van der Waals surface area contributed by atoms with E-state index in [1.807, 2.05) is 31.2 Å². The van der Waals surface area contributed by atoms with Gasteiger partial charge in [0.2, 0.25) is 5.89 Å². The van der Waals surface area contributed by atoms with E-state index in [0.717, 1.165) is 42.3 Å². The zero-order valence-electron chi connectivity index (χ0n) is 18.7. The number of aromatic nitrogens is 1. The van der Waals surface area contributed by atoms with Crippen molar-refractivity contribution in [3.8, 4) is 28.7 Å². The van der Waals surface area contributed by atoms with E-state index in [9.17, 15) is 0 Å². The molecule has 6 nitrogen and oxygen atoms in total. The molecule has 1 fully saturated rings. The Kier molecular flexibility index (Phi) is 6.47. The van der Waals surface area contributed by atoms with Gasteiger partial charge in [0.1, 0.15) is 11.5 Å². The van der Waals surface area contributed by atoms with E-state index in [-0.39, 0.29) is 0 Å². The van der Waals surface area contributed by atoms with Crippen LogP contribution in [0.25, 0.3) is 11.5 Å². The number of methoxy groups -OCH3 is 3. The lowest BCUT2D eigenvalue weighted by Crippen LogP contribution is -2.33. The highest BCUT2D eigenvalue weighted by molar-refractivity contribution is 5.68. The molecule has 0 aliphatic carbocycles. The van der Waals surface area contributed by atoms with Crippen LogP contribution in [0.1, 0.15) is 42.3 Å². The Hall–Kier alpha value is -2.99. The third-order valence-electron chi connectivity index (χ3n) is 5.97. The van der Waals surface area contributed by atoms with Crippen molar-refractivity contribution < 1.29 is 18.6 Å². The van der Waals surface area contributed by atoms with Gasteiger partial charge in [-0.3, -0.25) is 4.90 Å². The van der Waals surface area contributed by atoms with Crippen molar-refractivity contribution in [3.63, 3.8) is 0 Å². The highest BCUT2D eigenvalue weighted by Gasteiger charge is 2.27. The molecule has 0 unspecified atom stereocenters. The molecule has 1 saturated heterocycles. The summed E-state index contributed by atoms with van der Waals surface area (Å²) in [4.78, 5) is 7.35. The van der Waals surface area contributed by atoms with Crippen LogP contribution in [0.15, 0.2) is 46.9 Å². The summed E-state index contributed by atoms with van der Waals surface area (Å²) in [6.07, 6.45) is 3.54. The first-order valence-electron chi connectivity index (χ1n) is 10.7. The topological polar surface area (TPSA) is 57.0 Å². The number of rotatable bonds is 7. The highest BCUT2D eigenvalue weighted by Crippen LogP contribution is 2.39. The number of piperidine rings is 1. The maximum absolute atomic E-state index is 6.07. The second kappa shape index (κ2) is 9.43. The van der Waals surface area contributed by atoms with Crippen LogP contribution in [0.2, 0.25) is 0 Å². The summed E-state index contributed by atoms with van der Waals surface area (Å²) in [7, 11) is 4.97. The van der Waals surface area contributed by atoms with Gasteiger partial charge in [-0.15, -0.1) is 0 Å². The van der Waals surface area contributed by atoms with Crippen LogP contribution in [-0.2, 0) is 6.54 Å². The molecule has 2 aromatic carbocycles. The second-order valence-electron chi connectivity index (χ2n) is 7.82. The first-order chi connectivity index (χ1) is 15.1. The average molecular weight is 423 g/mol. The summed E-state index contributed by atoms with van der Waals surface area (Å²) in [5, 5.41) is 0. The van der Waals surface area contributed by atoms with E-state index in [4.69, 9.17) is 23.6 Å². The Morgan fingerprint density at radius 1 is 1.03 bits per heavy atom. The molecular weight excluding hydrogens is 392 g/mol. The number of likely N-dealkylation sites (tertiary alicyclic amines) is 1. The molecule has 0 saturated carbocycles. The predicted octanol–water partition coefficient (Wildman–Crippen LogP) is 5.40. The van der Waals surface area contributed by atoms with E-state index in [1.165, 1.54) is 18.4 Å². The quantitative estimate of drug-likeness (QED) is 0.508. The molecule has 164 valence electrons. The minimum atomic E-state index is 0.342. The lowest BCUT2D eigenvalue weighted by Gasteiger charge is -2.35. The van der Waals surface area contributed by atoms with Gasteiger partial charge in [0.15, 0.2) is 11.5 Å². The lowest BCUT2D eigenvalue weighted by atomic mass is 9.95. The number of hydrogen-bond donors (Lipinski definition) is 0. The minimum absolute atomic E-state index is 0.342. The third kappa shape index (κ3) is 4.39. The first-order valence-corrected chi connectivity index (χ1v) is 10.7. The van der Waals surface area contributed by atoms with Crippen molar-refractivity contribution >= 4 is 0 Å². The van der Waals surface area contributed by atoms with Gasteiger partial charge in [-0.25, -0.2) is 4.98 Å². The molecule has 0 N–H and O–H groups in total. The molecule has 31 heavy (non-hydrogen) atoms. The number of aryl methyl sites for hydroxylation is 1. The molecule has 0 amide bonds. The van der Waals surface area contributed by atoms with E-state index in [2.05, 4.69) is 23.1 Å². The summed E-state index contributed by atoms with van der Waals surface area (Å²) in [5.74, 6) is 3.57. The molecule has 6 heteroatoms. The van der Waals surface area contributed by atoms with Crippen molar-refractivity contribution in [2.24, 2.45) is 0 Å². The maximum Gasteiger partial charge on any atom is 0.230 e. The Labute approximate surface area is 183 Å². The molecule has 1 aromatic heterocycles. The largest absolute Gasteiger partial charge is 0.497 e. The van der Waals surface area contributed by atoms with Gasteiger partial charge >= 0.3 is 0 Å². The standard InChI is InChI=1S/C25H30N2O4/c1-17-21(26-25(31-17)20-11-8-13-23(29-3)24(20)30-4)16-27-14-6-5-12-22(27)18-9-7-10-19(15-18)28-2/h7-11,13,15,22H,5-6,12,14,16H2,1-4H3/t22-/m1/s1. The molecule has 0 bridgehead atoms. The van der Waals surface area contributed by atoms with E-state index in [0.29, 0.717) is 23.4 Å². The number of benzene rings is 2. The highest BCUT2D eigenvalue weighted by atomic mass is 16.5. The fourth-order valence-corrected chi connectivity index (χ4v) is 4.34. The molecule has 4 rings (SSSR count). The van der Waals surface area contributed by atoms with E-state index >= 15 is 0 Å². The van der Waals surface area contributed by atoms with Crippen molar-refractivity contribution in [2.75, 3.05) is 27.9 Å². The van der Waals surface area contributed by atoms with Gasteiger partial charge in [-0.05, 0) is 56.1 Å². The maximum atomic E-state index is 6.07. The fraction of sp³-hybridized carbons (Fsp3) is 0.400. The number of oxazole rings is 1. The summed E-state index contributed by atoms with van der Waals surface area (Å²) in [6.45, 7) is 3.75. The fourth-order valence-electron chi connectivity index (χ4n) is 4.34. The summed E-state index contributed by atoms with van der Waals surface area (Å²) >= 11 is 0. The summed E-state index contributed by atoms with van der Waals surface area (Å²) < 4.78 is 22.5. The average Bonchev–Trinajstić information content (AvgIpc) is 3.18. The molecular formula is C25H30N2O4. The molecule has 1 atom stereocenters. The van der Waals surface area contributed by atoms with E-state index < -0.39 is 0 Å². The van der Waals surface area contributed by atoms with Crippen molar-refractivity contribution in [1.82, 2.24) is 9.88 Å². The van der Waals surface area contributed by atoms with Crippen molar-refractivity contribution in [2.45, 2.75) is 38.8 Å². The van der Waals surface area contributed by atoms with Crippen LogP contribution in [0.4, 0.5) is 0 Å². The Morgan fingerprint density at radius 3 is 2.65 bits per heavy atom. The zero-order chi connectivity index (χ0) is 21.8. The van der Waals surface area contributed by atoms with Crippen LogP contribution >= 0.6 is 0 Å². The first kappa shape index (κ1) is 21.2. The van der Waals surface area contributed by atoms with Crippen molar-refractivity contribution in [1.29, 1.82) is 0 Å². The normalized spacial score (nSPS) is 16.8. The van der Waals surface area contributed by atoms with Gasteiger partial charge in [0.25, 0.3) is 0 Å². The van der Waals surface area contributed by atoms with Crippen LogP contribution in [-0.4, -0.2) is 37.8 Å². The Bertz CT molecular complexity index is 1030. The van der Waals surface area contributed by atoms with Gasteiger partial charge < -0.3 is 18.6 Å². The summed E-state index contributed by atoms with van der Waals surface area (Å²) in [5.41, 5.74) is 3.03. The molecule has 1 aliphatic heterocycles. The van der Waals surface area contributed by atoms with Crippen molar-refractivity contribution in [3.05, 3.63) is 59.5 Å². The number of nitrogens with zero attached hydrogens (tertiary/aromatic N) is 2. The van der Waals surface area contributed by atoms with Crippen LogP contribution in [0.3, 0.4) is 0 Å². The molecule has 2 heterocycles. The summed E-state index contributed by atoms with van der Waals surface area (Å²) in [6, 6.07) is 14.5. The molecule has 1 aliphatic rings. The monoisotopic (exact) mass is 422 g/mol. The Morgan fingerprint density at radius 2 is 1.87 bits per heavy atom. The predicted molar refractivity (Wildman–Crippen MR) is 120 cm³/mol. The van der Waals surface area contributed by atoms with Gasteiger partial charge in [0, 0.05) is 12.6 Å². The molecule has 3 aromatic rings. The second-order valence-corrected chi connectivity index (χ2v) is 7.82. The SMILES string of the molecule is COc1cccc([C@H]2CCCCN2Cc2nc(-c3cccc(OC)c3OC)oc2C)c1. The van der Waals surface area contributed by atoms with Crippen LogP contribution in [0.5, 0.6) is 17.2 Å². The third-order valence-corrected chi connectivity index (χ3v) is 5.97. The number of para-hydroxylation sites is 1. The lowest BCUT2D eigenvalue weighted by molar-refractivity contribution is 0.138. The number of hydrogen-bond acceptors (Lipinski definition) is 6. The zero-order valence-corrected chi connectivity index (χ0v) is 18.7. The van der Waals surface area contributed by atoms with Crippen LogP contribution in [0, 0.1) is 6.92 Å². The molecule has 0 radical (unpaired) electrons. The smallest absolute Gasteiger partial charge is 0.230 e. The van der Waals surface area contributed by atoms with Gasteiger partial charge in [0.05, 0.1) is 32.6 Å².